The molecule has 0 aliphatic carbocycles. The molecule has 0 saturated heterocycles. The van der Waals surface area contributed by atoms with Gasteiger partial charge in [-0.1, -0.05) is 18.2 Å². The predicted molar refractivity (Wildman–Crippen MR) is 135 cm³/mol. The molecule has 1 unspecified atom stereocenters. The zero-order valence-electron chi connectivity index (χ0n) is 20.4. The molecule has 186 valence electrons. The Labute approximate surface area is 209 Å². The highest BCUT2D eigenvalue weighted by Crippen LogP contribution is 2.41. The van der Waals surface area contributed by atoms with Gasteiger partial charge in [-0.2, -0.15) is 0 Å². The number of aromatic amines is 1. The highest BCUT2D eigenvalue weighted by molar-refractivity contribution is 5.91. The van der Waals surface area contributed by atoms with Crippen molar-refractivity contribution in [3.8, 4) is 28.7 Å². The van der Waals surface area contributed by atoms with E-state index in [-0.39, 0.29) is 25.0 Å². The summed E-state index contributed by atoms with van der Waals surface area (Å²) < 4.78 is 27.4. The summed E-state index contributed by atoms with van der Waals surface area (Å²) in [5.41, 5.74) is 3.78. The van der Waals surface area contributed by atoms with Crippen molar-refractivity contribution in [1.29, 1.82) is 0 Å². The number of nitrogens with one attached hydrogen (secondary N) is 2. The Morgan fingerprint density at radius 3 is 2.56 bits per heavy atom. The minimum absolute atomic E-state index is 0.0864. The molecule has 0 fully saturated rings. The van der Waals surface area contributed by atoms with Crippen LogP contribution in [0.15, 0.2) is 60.8 Å². The van der Waals surface area contributed by atoms with Crippen molar-refractivity contribution in [2.45, 2.75) is 18.9 Å². The van der Waals surface area contributed by atoms with Gasteiger partial charge in [-0.15, -0.1) is 0 Å². The van der Waals surface area contributed by atoms with E-state index in [0.717, 1.165) is 33.3 Å². The number of hydrogen-bond donors (Lipinski definition) is 2. The average Bonchev–Trinajstić information content (AvgIpc) is 3.57. The largest absolute Gasteiger partial charge is 0.496 e. The van der Waals surface area contributed by atoms with E-state index < -0.39 is 0 Å². The van der Waals surface area contributed by atoms with Gasteiger partial charge in [0.25, 0.3) is 0 Å². The average molecular weight is 489 g/mol. The number of aromatic nitrogens is 1. The standard InChI is InChI=1S/C28H28N2O6/c1-32-22-9-7-17(11-25(22)34-3)14-30-27(31)13-19(18-8-10-23-26(12-18)36-16-35-23)20-15-29-21-5-4-6-24(33-2)28(20)21/h4-12,15,19,29H,13-14,16H2,1-3H3,(H,30,31). The lowest BCUT2D eigenvalue weighted by molar-refractivity contribution is -0.121. The molecule has 0 bridgehead atoms. The minimum Gasteiger partial charge on any atom is -0.496 e. The maximum atomic E-state index is 13.2. The van der Waals surface area contributed by atoms with Gasteiger partial charge in [0.1, 0.15) is 5.75 Å². The molecule has 3 aromatic carbocycles. The number of benzene rings is 3. The molecule has 36 heavy (non-hydrogen) atoms. The van der Waals surface area contributed by atoms with Crippen molar-refractivity contribution in [2.75, 3.05) is 28.1 Å². The van der Waals surface area contributed by atoms with Crippen LogP contribution in [-0.2, 0) is 11.3 Å². The molecule has 0 spiro atoms. The predicted octanol–water partition coefficient (Wildman–Crippen LogP) is 4.76. The normalized spacial score (nSPS) is 12.9. The summed E-state index contributed by atoms with van der Waals surface area (Å²) in [5.74, 6) is 3.06. The summed E-state index contributed by atoms with van der Waals surface area (Å²) in [5, 5.41) is 4.00. The van der Waals surface area contributed by atoms with E-state index in [0.29, 0.717) is 29.5 Å². The smallest absolute Gasteiger partial charge is 0.231 e. The summed E-state index contributed by atoms with van der Waals surface area (Å²) in [6, 6.07) is 17.3. The van der Waals surface area contributed by atoms with Crippen molar-refractivity contribution in [1.82, 2.24) is 10.3 Å². The van der Waals surface area contributed by atoms with E-state index in [1.54, 1.807) is 21.3 Å². The number of ether oxygens (including phenoxy) is 5. The molecule has 8 heteroatoms. The maximum absolute atomic E-state index is 13.2. The van der Waals surface area contributed by atoms with Gasteiger partial charge < -0.3 is 34.0 Å². The first-order chi connectivity index (χ1) is 17.6. The Kier molecular flexibility index (Phi) is 6.58. The zero-order chi connectivity index (χ0) is 25.1. The number of amides is 1. The minimum atomic E-state index is -0.241. The molecular weight excluding hydrogens is 460 g/mol. The molecule has 1 amide bonds. The summed E-state index contributed by atoms with van der Waals surface area (Å²) in [6.07, 6.45) is 2.18. The van der Waals surface area contributed by atoms with Crippen LogP contribution in [0.3, 0.4) is 0 Å². The molecule has 1 atom stereocenters. The summed E-state index contributed by atoms with van der Waals surface area (Å²) >= 11 is 0. The molecule has 0 saturated carbocycles. The van der Waals surface area contributed by atoms with E-state index in [4.69, 9.17) is 23.7 Å². The molecule has 2 N–H and O–H groups in total. The molecule has 2 heterocycles. The second-order valence-corrected chi connectivity index (χ2v) is 8.46. The number of H-pyrrole nitrogens is 1. The van der Waals surface area contributed by atoms with E-state index in [9.17, 15) is 4.79 Å². The molecular formula is C28H28N2O6. The van der Waals surface area contributed by atoms with Crippen LogP contribution in [0.4, 0.5) is 0 Å². The third-order valence-corrected chi connectivity index (χ3v) is 6.42. The van der Waals surface area contributed by atoms with E-state index in [2.05, 4.69) is 10.3 Å². The third kappa shape index (κ3) is 4.49. The molecule has 1 aromatic heterocycles. The lowest BCUT2D eigenvalue weighted by Crippen LogP contribution is -2.25. The van der Waals surface area contributed by atoms with Gasteiger partial charge in [0.15, 0.2) is 23.0 Å². The summed E-state index contributed by atoms with van der Waals surface area (Å²) in [6.45, 7) is 0.556. The van der Waals surface area contributed by atoms with Crippen molar-refractivity contribution >= 4 is 16.8 Å². The molecule has 0 radical (unpaired) electrons. The van der Waals surface area contributed by atoms with Crippen LogP contribution in [0.25, 0.3) is 10.9 Å². The molecule has 8 nitrogen and oxygen atoms in total. The first-order valence-corrected chi connectivity index (χ1v) is 11.6. The summed E-state index contributed by atoms with van der Waals surface area (Å²) in [7, 11) is 4.83. The number of rotatable bonds is 9. The Bertz CT molecular complexity index is 1400. The van der Waals surface area contributed by atoms with Gasteiger partial charge in [0, 0.05) is 36.0 Å². The number of methoxy groups -OCH3 is 3. The fraction of sp³-hybridized carbons (Fsp3) is 0.250. The van der Waals surface area contributed by atoms with Gasteiger partial charge in [-0.05, 0) is 53.1 Å². The van der Waals surface area contributed by atoms with E-state index in [1.807, 2.05) is 60.8 Å². The monoisotopic (exact) mass is 488 g/mol. The van der Waals surface area contributed by atoms with Crippen LogP contribution in [-0.4, -0.2) is 39.0 Å². The Morgan fingerprint density at radius 1 is 0.944 bits per heavy atom. The first-order valence-electron chi connectivity index (χ1n) is 11.6. The van der Waals surface area contributed by atoms with Gasteiger partial charge in [-0.25, -0.2) is 0 Å². The Morgan fingerprint density at radius 2 is 1.75 bits per heavy atom. The van der Waals surface area contributed by atoms with Crippen molar-refractivity contribution < 1.29 is 28.5 Å². The van der Waals surface area contributed by atoms with Crippen LogP contribution in [0.5, 0.6) is 28.7 Å². The SMILES string of the molecule is COc1ccc(CNC(=O)CC(c2ccc3c(c2)OCO3)c2c[nH]c3cccc(OC)c23)cc1OC. The van der Waals surface area contributed by atoms with Crippen LogP contribution >= 0.6 is 0 Å². The number of carbonyl (C=O) groups is 1. The molecule has 5 rings (SSSR count). The second-order valence-electron chi connectivity index (χ2n) is 8.46. The lowest BCUT2D eigenvalue weighted by Gasteiger charge is -2.19. The quantitative estimate of drug-likeness (QED) is 0.353. The third-order valence-electron chi connectivity index (χ3n) is 6.42. The number of fused-ring (bicyclic) bond motifs is 2. The maximum Gasteiger partial charge on any atom is 0.231 e. The Balaban J connectivity index is 1.43. The van der Waals surface area contributed by atoms with Crippen molar-refractivity contribution in [3.63, 3.8) is 0 Å². The zero-order valence-corrected chi connectivity index (χ0v) is 20.4. The van der Waals surface area contributed by atoms with Crippen molar-refractivity contribution in [3.05, 3.63) is 77.5 Å². The Hall–Kier alpha value is -4.33. The lowest BCUT2D eigenvalue weighted by atomic mass is 9.87. The van der Waals surface area contributed by atoms with E-state index >= 15 is 0 Å². The van der Waals surface area contributed by atoms with Gasteiger partial charge >= 0.3 is 0 Å². The number of hydrogen-bond acceptors (Lipinski definition) is 6. The van der Waals surface area contributed by atoms with Crippen LogP contribution in [0.2, 0.25) is 0 Å². The van der Waals surface area contributed by atoms with Gasteiger partial charge in [-0.3, -0.25) is 4.79 Å². The topological polar surface area (TPSA) is 91.0 Å². The van der Waals surface area contributed by atoms with Gasteiger partial charge in [0.2, 0.25) is 12.7 Å². The van der Waals surface area contributed by atoms with Crippen LogP contribution < -0.4 is 29.0 Å². The summed E-state index contributed by atoms with van der Waals surface area (Å²) in [4.78, 5) is 16.6. The molecule has 1 aliphatic heterocycles. The first kappa shape index (κ1) is 23.4. The van der Waals surface area contributed by atoms with E-state index in [1.165, 1.54) is 0 Å². The second kappa shape index (κ2) is 10.1. The van der Waals surface area contributed by atoms with Crippen LogP contribution in [0, 0.1) is 0 Å². The molecule has 4 aromatic rings. The van der Waals surface area contributed by atoms with Crippen LogP contribution in [0.1, 0.15) is 29.0 Å². The molecule has 1 aliphatic rings. The van der Waals surface area contributed by atoms with Crippen molar-refractivity contribution in [2.24, 2.45) is 0 Å². The fourth-order valence-corrected chi connectivity index (χ4v) is 4.61. The highest BCUT2D eigenvalue weighted by Gasteiger charge is 2.25. The highest BCUT2D eigenvalue weighted by atomic mass is 16.7. The fourth-order valence-electron chi connectivity index (χ4n) is 4.61. The number of carbonyl (C=O) groups excluding carboxylic acids is 1. The van der Waals surface area contributed by atoms with Gasteiger partial charge in [0.05, 0.1) is 21.3 Å².